The monoisotopic (exact) mass is 172 g/mol. The zero-order chi connectivity index (χ0) is 9.19. The van der Waals surface area contributed by atoms with Crippen LogP contribution in [-0.2, 0) is 9.53 Å². The molecule has 0 atom stereocenters. The summed E-state index contributed by atoms with van der Waals surface area (Å²) in [5.41, 5.74) is -0.547. The number of nitrogens with two attached hydrogens (primary N) is 1. The molecular formula is C8H16N2O2. The second-order valence-electron chi connectivity index (χ2n) is 3.34. The zero-order valence-electron chi connectivity index (χ0n) is 7.67. The molecule has 1 fully saturated rings. The van der Waals surface area contributed by atoms with E-state index in [1.807, 2.05) is 0 Å². The molecule has 4 nitrogen and oxygen atoms in total. The smallest absolute Gasteiger partial charge is 0.327 e. The van der Waals surface area contributed by atoms with Crippen molar-refractivity contribution < 1.29 is 9.53 Å². The minimum Gasteiger partial charge on any atom is -0.468 e. The van der Waals surface area contributed by atoms with E-state index < -0.39 is 5.54 Å². The van der Waals surface area contributed by atoms with Crippen LogP contribution in [0.15, 0.2) is 0 Å². The summed E-state index contributed by atoms with van der Waals surface area (Å²) in [6.45, 7) is 0. The third-order valence-electron chi connectivity index (χ3n) is 2.67. The van der Waals surface area contributed by atoms with E-state index in [0.717, 1.165) is 25.7 Å². The Bertz CT molecular complexity index is 174. The second kappa shape index (κ2) is 3.41. The van der Waals surface area contributed by atoms with Crippen molar-refractivity contribution in [2.75, 3.05) is 14.2 Å². The molecule has 1 aliphatic carbocycles. The Kier molecular flexibility index (Phi) is 2.69. The predicted octanol–water partition coefficient (Wildman–Crippen LogP) is 0.278. The Morgan fingerprint density at radius 1 is 1.50 bits per heavy atom. The third kappa shape index (κ3) is 1.32. The van der Waals surface area contributed by atoms with Crippen molar-refractivity contribution >= 4 is 5.97 Å². The van der Waals surface area contributed by atoms with Crippen molar-refractivity contribution in [1.29, 1.82) is 0 Å². The molecule has 4 heteroatoms. The molecule has 1 rings (SSSR count). The number of likely N-dealkylation sites (N-methyl/N-ethyl adjacent to an activating group) is 1. The molecule has 0 radical (unpaired) electrons. The summed E-state index contributed by atoms with van der Waals surface area (Å²) in [5.74, 6) is 5.44. The van der Waals surface area contributed by atoms with E-state index in [1.54, 1.807) is 7.05 Å². The van der Waals surface area contributed by atoms with Gasteiger partial charge in [0.15, 0.2) is 0 Å². The largest absolute Gasteiger partial charge is 0.468 e. The minimum atomic E-state index is -0.547. The number of methoxy groups -OCH3 is 1. The van der Waals surface area contributed by atoms with Crippen LogP contribution in [0.3, 0.4) is 0 Å². The van der Waals surface area contributed by atoms with Gasteiger partial charge in [0.05, 0.1) is 7.11 Å². The molecule has 2 N–H and O–H groups in total. The molecular weight excluding hydrogens is 156 g/mol. The third-order valence-corrected chi connectivity index (χ3v) is 2.67. The van der Waals surface area contributed by atoms with Gasteiger partial charge in [-0.3, -0.25) is 5.84 Å². The van der Waals surface area contributed by atoms with Gasteiger partial charge in [-0.1, -0.05) is 12.8 Å². The molecule has 0 aromatic rings. The van der Waals surface area contributed by atoms with E-state index in [1.165, 1.54) is 12.1 Å². The number of esters is 1. The summed E-state index contributed by atoms with van der Waals surface area (Å²) in [5, 5.41) is 1.49. The maximum Gasteiger partial charge on any atom is 0.327 e. The van der Waals surface area contributed by atoms with Crippen LogP contribution in [0.1, 0.15) is 25.7 Å². The number of ether oxygens (including phenoxy) is 1. The van der Waals surface area contributed by atoms with Gasteiger partial charge in [0.2, 0.25) is 0 Å². The van der Waals surface area contributed by atoms with E-state index >= 15 is 0 Å². The van der Waals surface area contributed by atoms with Gasteiger partial charge in [0, 0.05) is 7.05 Å². The summed E-state index contributed by atoms with van der Waals surface area (Å²) >= 11 is 0. The van der Waals surface area contributed by atoms with Gasteiger partial charge in [-0.15, -0.1) is 0 Å². The fraction of sp³-hybridized carbons (Fsp3) is 0.875. The number of nitrogens with zero attached hydrogens (tertiary/aromatic N) is 1. The first-order valence-corrected chi connectivity index (χ1v) is 4.20. The maximum atomic E-state index is 11.4. The van der Waals surface area contributed by atoms with Gasteiger partial charge in [-0.05, 0) is 12.8 Å². The molecule has 1 saturated carbocycles. The molecule has 0 bridgehead atoms. The van der Waals surface area contributed by atoms with Gasteiger partial charge in [-0.25, -0.2) is 9.80 Å². The topological polar surface area (TPSA) is 55.6 Å². The molecule has 0 spiro atoms. The molecule has 0 aliphatic heterocycles. The van der Waals surface area contributed by atoms with Crippen LogP contribution in [0.4, 0.5) is 0 Å². The summed E-state index contributed by atoms with van der Waals surface area (Å²) < 4.78 is 4.74. The lowest BCUT2D eigenvalue weighted by Gasteiger charge is -2.32. The van der Waals surface area contributed by atoms with Crippen molar-refractivity contribution in [3.8, 4) is 0 Å². The van der Waals surface area contributed by atoms with Gasteiger partial charge in [0.1, 0.15) is 5.54 Å². The predicted molar refractivity (Wildman–Crippen MR) is 45.2 cm³/mol. The molecule has 0 amide bonds. The molecule has 0 unspecified atom stereocenters. The highest BCUT2D eigenvalue weighted by molar-refractivity contribution is 5.81. The summed E-state index contributed by atoms with van der Waals surface area (Å²) in [4.78, 5) is 11.4. The Morgan fingerprint density at radius 2 is 2.00 bits per heavy atom. The molecule has 0 aromatic carbocycles. The van der Waals surface area contributed by atoms with Crippen LogP contribution < -0.4 is 5.84 Å². The van der Waals surface area contributed by atoms with Gasteiger partial charge in [-0.2, -0.15) is 0 Å². The fourth-order valence-corrected chi connectivity index (χ4v) is 1.85. The maximum absolute atomic E-state index is 11.4. The lowest BCUT2D eigenvalue weighted by molar-refractivity contribution is -0.154. The molecule has 0 aromatic heterocycles. The quantitative estimate of drug-likeness (QED) is 0.369. The lowest BCUT2D eigenvalue weighted by atomic mass is 9.97. The lowest BCUT2D eigenvalue weighted by Crippen LogP contribution is -2.54. The van der Waals surface area contributed by atoms with Crippen LogP contribution in [0, 0.1) is 0 Å². The van der Waals surface area contributed by atoms with Gasteiger partial charge < -0.3 is 4.74 Å². The van der Waals surface area contributed by atoms with Gasteiger partial charge >= 0.3 is 5.97 Å². The standard InChI is InChI=1S/C8H16N2O2/c1-10(9)8(7(11)12-2)5-3-4-6-8/h3-6,9H2,1-2H3. The number of carbonyl (C=O) groups is 1. The summed E-state index contributed by atoms with van der Waals surface area (Å²) in [6.07, 6.45) is 3.73. The first kappa shape index (κ1) is 9.48. The number of hydrogen-bond donors (Lipinski definition) is 1. The average molecular weight is 172 g/mol. The van der Waals surface area contributed by atoms with Crippen LogP contribution >= 0.6 is 0 Å². The number of carbonyl (C=O) groups excluding carboxylic acids is 1. The van der Waals surface area contributed by atoms with Gasteiger partial charge in [0.25, 0.3) is 0 Å². The van der Waals surface area contributed by atoms with Crippen LogP contribution in [-0.4, -0.2) is 30.7 Å². The minimum absolute atomic E-state index is 0.204. The van der Waals surface area contributed by atoms with E-state index in [-0.39, 0.29) is 5.97 Å². The average Bonchev–Trinajstić information content (AvgIpc) is 2.52. The van der Waals surface area contributed by atoms with E-state index in [2.05, 4.69) is 0 Å². The molecule has 0 saturated heterocycles. The number of rotatable bonds is 2. The van der Waals surface area contributed by atoms with Crippen molar-refractivity contribution in [3.05, 3.63) is 0 Å². The Balaban J connectivity index is 2.78. The van der Waals surface area contributed by atoms with Crippen molar-refractivity contribution in [2.24, 2.45) is 5.84 Å². The molecule has 0 heterocycles. The fourth-order valence-electron chi connectivity index (χ4n) is 1.85. The first-order chi connectivity index (χ1) is 5.63. The van der Waals surface area contributed by atoms with Crippen molar-refractivity contribution in [1.82, 2.24) is 5.01 Å². The van der Waals surface area contributed by atoms with Crippen molar-refractivity contribution in [3.63, 3.8) is 0 Å². The van der Waals surface area contributed by atoms with Crippen molar-refractivity contribution in [2.45, 2.75) is 31.2 Å². The normalized spacial score (nSPS) is 21.3. The second-order valence-corrected chi connectivity index (χ2v) is 3.34. The van der Waals surface area contributed by atoms with Crippen LogP contribution in [0.25, 0.3) is 0 Å². The molecule has 70 valence electrons. The van der Waals surface area contributed by atoms with E-state index in [9.17, 15) is 4.79 Å². The zero-order valence-corrected chi connectivity index (χ0v) is 7.67. The highest BCUT2D eigenvalue weighted by Gasteiger charge is 2.44. The van der Waals surface area contributed by atoms with E-state index in [0.29, 0.717) is 0 Å². The molecule has 12 heavy (non-hydrogen) atoms. The number of hydrazine groups is 1. The Morgan fingerprint density at radius 3 is 2.33 bits per heavy atom. The highest BCUT2D eigenvalue weighted by Crippen LogP contribution is 2.33. The first-order valence-electron chi connectivity index (χ1n) is 4.20. The van der Waals surface area contributed by atoms with Crippen LogP contribution in [0.5, 0.6) is 0 Å². The summed E-state index contributed by atoms with van der Waals surface area (Å²) in [6, 6.07) is 0. The molecule has 1 aliphatic rings. The van der Waals surface area contributed by atoms with Crippen LogP contribution in [0.2, 0.25) is 0 Å². The SMILES string of the molecule is COC(=O)C1(N(C)N)CCCC1. The summed E-state index contributed by atoms with van der Waals surface area (Å²) in [7, 11) is 3.13. The number of hydrogen-bond acceptors (Lipinski definition) is 4. The van der Waals surface area contributed by atoms with E-state index in [4.69, 9.17) is 10.6 Å². The Hall–Kier alpha value is -0.610. The Labute approximate surface area is 72.6 Å². The highest BCUT2D eigenvalue weighted by atomic mass is 16.5.